The summed E-state index contributed by atoms with van der Waals surface area (Å²) < 4.78 is 5.17. The molecule has 1 unspecified atom stereocenters. The molecule has 0 saturated heterocycles. The highest BCUT2D eigenvalue weighted by molar-refractivity contribution is 5.99. The number of aryl methyl sites for hydroxylation is 2. The number of hydrogen-bond donors (Lipinski definition) is 2. The molecule has 0 saturated carbocycles. The molecule has 0 aliphatic carbocycles. The number of nitriles is 1. The van der Waals surface area contributed by atoms with Crippen molar-refractivity contribution in [3.63, 3.8) is 0 Å². The molecule has 0 radical (unpaired) electrons. The summed E-state index contributed by atoms with van der Waals surface area (Å²) in [6.07, 6.45) is 4.88. The molecular weight excluding hydrogens is 444 g/mol. The fraction of sp³-hybridized carbons (Fsp3) is 0.333. The van der Waals surface area contributed by atoms with Crippen molar-refractivity contribution < 1.29 is 19.1 Å². The van der Waals surface area contributed by atoms with Gasteiger partial charge in [-0.05, 0) is 57.4 Å². The van der Waals surface area contributed by atoms with Gasteiger partial charge in [0.15, 0.2) is 0 Å². The van der Waals surface area contributed by atoms with Crippen LogP contribution in [0.5, 0.6) is 0 Å². The number of carbonyl (C=O) groups excluding carboxylic acids is 3. The Morgan fingerprint density at radius 3 is 2.29 bits per heavy atom. The van der Waals surface area contributed by atoms with E-state index in [2.05, 4.69) is 16.6 Å². The van der Waals surface area contributed by atoms with E-state index in [0.29, 0.717) is 16.8 Å². The zero-order valence-corrected chi connectivity index (χ0v) is 20.6. The Bertz CT molecular complexity index is 1160. The monoisotopic (exact) mass is 474 g/mol. The van der Waals surface area contributed by atoms with Gasteiger partial charge in [-0.3, -0.25) is 9.59 Å². The van der Waals surface area contributed by atoms with Crippen LogP contribution in [0.2, 0.25) is 0 Å². The van der Waals surface area contributed by atoms with Crippen molar-refractivity contribution in [1.29, 1.82) is 5.26 Å². The van der Waals surface area contributed by atoms with E-state index < -0.39 is 42.6 Å². The third-order valence-electron chi connectivity index (χ3n) is 5.04. The predicted molar refractivity (Wildman–Crippen MR) is 133 cm³/mol. The lowest BCUT2D eigenvalue weighted by Gasteiger charge is -2.30. The van der Waals surface area contributed by atoms with Crippen LogP contribution in [-0.4, -0.2) is 41.5 Å². The Balaban J connectivity index is 2.45. The molecule has 8 nitrogen and oxygen atoms in total. The van der Waals surface area contributed by atoms with Gasteiger partial charge in [-0.2, -0.15) is 5.26 Å². The molecule has 182 valence electrons. The molecule has 0 aliphatic heterocycles. The van der Waals surface area contributed by atoms with Gasteiger partial charge in [0.1, 0.15) is 24.7 Å². The van der Waals surface area contributed by atoms with Gasteiger partial charge in [0, 0.05) is 11.3 Å². The molecule has 0 spiro atoms. The minimum absolute atomic E-state index is 0.389. The Morgan fingerprint density at radius 1 is 1.09 bits per heavy atom. The fourth-order valence-corrected chi connectivity index (χ4v) is 3.48. The van der Waals surface area contributed by atoms with Crippen LogP contribution in [0.25, 0.3) is 0 Å². The number of ether oxygens (including phenoxy) is 1. The number of alkyl carbamates (subject to hydrolysis) is 1. The lowest BCUT2D eigenvalue weighted by molar-refractivity contribution is -0.137. The standard InChI is InChI=1S/C27H30N4O4/c1-7-20-13-8-9-14-21(20)24(25(33)30-23-18(2)11-10-12-19(23)3)31(16-15-28)22(32)17-29-26(34)35-27(4,5)6/h1,8-14,24H,16-17H2,2-6H3,(H,29,34)(H,30,33). The van der Waals surface area contributed by atoms with Crippen LogP contribution in [0, 0.1) is 37.5 Å². The fourth-order valence-electron chi connectivity index (χ4n) is 3.48. The van der Waals surface area contributed by atoms with Gasteiger partial charge in [-0.1, -0.05) is 42.3 Å². The zero-order chi connectivity index (χ0) is 26.2. The molecule has 0 heterocycles. The number of terminal acetylenes is 1. The van der Waals surface area contributed by atoms with Crippen LogP contribution >= 0.6 is 0 Å². The van der Waals surface area contributed by atoms with Crippen molar-refractivity contribution in [2.45, 2.75) is 46.3 Å². The second-order valence-corrected chi connectivity index (χ2v) is 8.93. The molecule has 0 fully saturated rings. The van der Waals surface area contributed by atoms with Crippen LogP contribution in [0.4, 0.5) is 10.5 Å². The first-order valence-electron chi connectivity index (χ1n) is 11.0. The minimum Gasteiger partial charge on any atom is -0.444 e. The quantitative estimate of drug-likeness (QED) is 0.468. The SMILES string of the molecule is C#Cc1ccccc1C(C(=O)Nc1c(C)cccc1C)N(CC#N)C(=O)CNC(=O)OC(C)(C)C. The maximum Gasteiger partial charge on any atom is 0.408 e. The third kappa shape index (κ3) is 7.35. The maximum atomic E-state index is 13.6. The van der Waals surface area contributed by atoms with E-state index in [-0.39, 0.29) is 0 Å². The van der Waals surface area contributed by atoms with Gasteiger partial charge in [-0.25, -0.2) is 4.79 Å². The topological polar surface area (TPSA) is 112 Å². The highest BCUT2D eigenvalue weighted by Gasteiger charge is 2.33. The molecule has 1 atom stereocenters. The number of anilines is 1. The Labute approximate surface area is 206 Å². The zero-order valence-electron chi connectivity index (χ0n) is 20.6. The second kappa shape index (κ2) is 11.7. The molecule has 0 bridgehead atoms. The summed E-state index contributed by atoms with van der Waals surface area (Å²) in [5.74, 6) is 1.36. The number of benzene rings is 2. The van der Waals surface area contributed by atoms with E-state index >= 15 is 0 Å². The van der Waals surface area contributed by atoms with Gasteiger partial charge < -0.3 is 20.3 Å². The molecule has 2 aromatic carbocycles. The van der Waals surface area contributed by atoms with Gasteiger partial charge in [-0.15, -0.1) is 6.42 Å². The molecule has 3 amide bonds. The van der Waals surface area contributed by atoms with Crippen molar-refractivity contribution in [3.8, 4) is 18.4 Å². The predicted octanol–water partition coefficient (Wildman–Crippen LogP) is 3.84. The molecule has 2 rings (SSSR count). The number of hydrogen-bond acceptors (Lipinski definition) is 5. The summed E-state index contributed by atoms with van der Waals surface area (Å²) in [5, 5.41) is 14.8. The summed E-state index contributed by atoms with van der Waals surface area (Å²) in [7, 11) is 0. The van der Waals surface area contributed by atoms with E-state index in [1.165, 1.54) is 0 Å². The normalized spacial score (nSPS) is 11.4. The lowest BCUT2D eigenvalue weighted by atomic mass is 9.97. The van der Waals surface area contributed by atoms with Crippen molar-refractivity contribution in [1.82, 2.24) is 10.2 Å². The number of rotatable bonds is 7. The second-order valence-electron chi connectivity index (χ2n) is 8.93. The molecule has 2 N–H and O–H groups in total. The largest absolute Gasteiger partial charge is 0.444 e. The molecule has 0 aliphatic rings. The van der Waals surface area contributed by atoms with Crippen LogP contribution in [0.3, 0.4) is 0 Å². The molecule has 35 heavy (non-hydrogen) atoms. The summed E-state index contributed by atoms with van der Waals surface area (Å²) in [6, 6.07) is 13.0. The Morgan fingerprint density at radius 2 is 1.71 bits per heavy atom. The van der Waals surface area contributed by atoms with E-state index in [9.17, 15) is 19.6 Å². The smallest absolute Gasteiger partial charge is 0.408 e. The number of carbonyl (C=O) groups is 3. The summed E-state index contributed by atoms with van der Waals surface area (Å²) in [4.78, 5) is 40.0. The Hall–Kier alpha value is -4.30. The van der Waals surface area contributed by atoms with Crippen molar-refractivity contribution in [2.24, 2.45) is 0 Å². The first-order chi connectivity index (χ1) is 16.5. The first-order valence-corrected chi connectivity index (χ1v) is 11.0. The highest BCUT2D eigenvalue weighted by atomic mass is 16.6. The number of para-hydroxylation sites is 1. The minimum atomic E-state index is -1.21. The van der Waals surface area contributed by atoms with E-state index in [4.69, 9.17) is 11.2 Å². The van der Waals surface area contributed by atoms with Crippen LogP contribution in [0.15, 0.2) is 42.5 Å². The number of nitrogens with one attached hydrogen (secondary N) is 2. The van der Waals surface area contributed by atoms with Gasteiger partial charge >= 0.3 is 6.09 Å². The van der Waals surface area contributed by atoms with Crippen LogP contribution in [-0.2, 0) is 14.3 Å². The van der Waals surface area contributed by atoms with Crippen molar-refractivity contribution in [2.75, 3.05) is 18.4 Å². The van der Waals surface area contributed by atoms with E-state index in [1.807, 2.05) is 38.1 Å². The highest BCUT2D eigenvalue weighted by Crippen LogP contribution is 2.28. The Kier molecular flexibility index (Phi) is 9.02. The molecule has 8 heteroatoms. The molecule has 0 aromatic heterocycles. The average Bonchev–Trinajstić information content (AvgIpc) is 2.79. The summed E-state index contributed by atoms with van der Waals surface area (Å²) in [5.41, 5.74) is 2.33. The lowest BCUT2D eigenvalue weighted by Crippen LogP contribution is -2.47. The van der Waals surface area contributed by atoms with Gasteiger partial charge in [0.05, 0.1) is 6.07 Å². The number of amides is 3. The van der Waals surface area contributed by atoms with Crippen LogP contribution in [0.1, 0.15) is 49.1 Å². The third-order valence-corrected chi connectivity index (χ3v) is 5.04. The maximum absolute atomic E-state index is 13.6. The van der Waals surface area contributed by atoms with Gasteiger partial charge in [0.2, 0.25) is 5.91 Å². The number of nitrogens with zero attached hydrogens (tertiary/aromatic N) is 2. The first kappa shape index (κ1) is 26.9. The average molecular weight is 475 g/mol. The van der Waals surface area contributed by atoms with Crippen molar-refractivity contribution in [3.05, 3.63) is 64.7 Å². The van der Waals surface area contributed by atoms with Gasteiger partial charge in [0.25, 0.3) is 5.91 Å². The van der Waals surface area contributed by atoms with E-state index in [1.54, 1.807) is 45.0 Å². The molecular formula is C27H30N4O4. The molecule has 2 aromatic rings. The van der Waals surface area contributed by atoms with Crippen molar-refractivity contribution >= 4 is 23.6 Å². The summed E-state index contributed by atoms with van der Waals surface area (Å²) in [6.45, 7) is 7.93. The van der Waals surface area contributed by atoms with Crippen LogP contribution < -0.4 is 10.6 Å². The van der Waals surface area contributed by atoms with E-state index in [0.717, 1.165) is 16.0 Å². The summed E-state index contributed by atoms with van der Waals surface area (Å²) >= 11 is 0.